The third-order valence-corrected chi connectivity index (χ3v) is 4.75. The molecule has 1 aromatic heterocycles. The number of ether oxygens (including phenoxy) is 1. The summed E-state index contributed by atoms with van der Waals surface area (Å²) < 4.78 is 33.7. The van der Waals surface area contributed by atoms with Crippen LogP contribution in [0.1, 0.15) is 23.3 Å². The smallest absolute Gasteiger partial charge is 0.274 e. The van der Waals surface area contributed by atoms with Crippen LogP contribution >= 0.6 is 0 Å². The minimum Gasteiger partial charge on any atom is -0.383 e. The Kier molecular flexibility index (Phi) is 4.68. The van der Waals surface area contributed by atoms with Crippen molar-refractivity contribution in [1.29, 1.82) is 0 Å². The predicted octanol–water partition coefficient (Wildman–Crippen LogP) is 0.823. The van der Waals surface area contributed by atoms with E-state index in [1.807, 2.05) is 0 Å². The Morgan fingerprint density at radius 1 is 1.36 bits per heavy atom. The number of alkyl halides is 2. The summed E-state index contributed by atoms with van der Waals surface area (Å²) in [6.07, 6.45) is 3.74. The molecular formula is C16H20F2N4O3. The van der Waals surface area contributed by atoms with Gasteiger partial charge in [0, 0.05) is 45.6 Å². The van der Waals surface area contributed by atoms with Gasteiger partial charge in [0.1, 0.15) is 5.69 Å². The monoisotopic (exact) mass is 354 g/mol. The lowest BCUT2D eigenvalue weighted by Crippen LogP contribution is -2.57. The number of piperidine rings is 1. The highest BCUT2D eigenvalue weighted by Gasteiger charge is 2.57. The summed E-state index contributed by atoms with van der Waals surface area (Å²) in [5.74, 6) is -4.08. The summed E-state index contributed by atoms with van der Waals surface area (Å²) in [7, 11) is 1.52. The van der Waals surface area contributed by atoms with Crippen LogP contribution in [-0.4, -0.2) is 77.4 Å². The molecule has 2 aliphatic rings. The van der Waals surface area contributed by atoms with Crippen molar-refractivity contribution in [1.82, 2.24) is 19.8 Å². The molecule has 1 spiro atoms. The van der Waals surface area contributed by atoms with Gasteiger partial charge in [-0.05, 0) is 6.42 Å². The molecule has 0 unspecified atom stereocenters. The van der Waals surface area contributed by atoms with Crippen molar-refractivity contribution in [3.8, 4) is 0 Å². The maximum Gasteiger partial charge on any atom is 0.274 e. The van der Waals surface area contributed by atoms with Gasteiger partial charge < -0.3 is 14.5 Å². The third-order valence-electron chi connectivity index (χ3n) is 4.75. The first-order valence-electron chi connectivity index (χ1n) is 8.08. The molecule has 2 saturated heterocycles. The quantitative estimate of drug-likeness (QED) is 0.800. The van der Waals surface area contributed by atoms with Crippen molar-refractivity contribution in [3.05, 3.63) is 24.3 Å². The molecule has 2 amide bonds. The molecule has 0 bridgehead atoms. The van der Waals surface area contributed by atoms with E-state index >= 15 is 0 Å². The maximum atomic E-state index is 14.4. The van der Waals surface area contributed by atoms with Crippen LogP contribution in [0.3, 0.4) is 0 Å². The molecule has 9 heteroatoms. The molecule has 1 aromatic rings. The minimum atomic E-state index is -3.12. The van der Waals surface area contributed by atoms with E-state index in [2.05, 4.69) is 9.97 Å². The highest BCUT2D eigenvalue weighted by Crippen LogP contribution is 2.45. The fourth-order valence-corrected chi connectivity index (χ4v) is 3.64. The predicted molar refractivity (Wildman–Crippen MR) is 83.0 cm³/mol. The Morgan fingerprint density at radius 3 is 2.84 bits per heavy atom. The second-order valence-corrected chi connectivity index (χ2v) is 6.60. The summed E-state index contributed by atoms with van der Waals surface area (Å²) >= 11 is 0. The lowest BCUT2D eigenvalue weighted by atomic mass is 9.77. The standard InChI is InChI=1S/C16H20F2N4O3/c1-25-7-6-21-5-2-15(14(21)24)9-16(17,18)11-22(10-15)13(23)12-8-19-3-4-20-12/h3-4,8H,2,5-7,9-11H2,1H3/t15-/m0/s1. The van der Waals surface area contributed by atoms with E-state index in [-0.39, 0.29) is 18.1 Å². The van der Waals surface area contributed by atoms with Gasteiger partial charge in [0.25, 0.3) is 11.8 Å². The third kappa shape index (κ3) is 3.46. The van der Waals surface area contributed by atoms with Gasteiger partial charge in [-0.1, -0.05) is 0 Å². The Labute approximate surface area is 144 Å². The van der Waals surface area contributed by atoms with Gasteiger partial charge in [-0.2, -0.15) is 0 Å². The molecule has 25 heavy (non-hydrogen) atoms. The zero-order valence-corrected chi connectivity index (χ0v) is 14.0. The molecule has 2 fully saturated rings. The van der Waals surface area contributed by atoms with Crippen LogP contribution in [0.15, 0.2) is 18.6 Å². The van der Waals surface area contributed by atoms with E-state index in [1.54, 1.807) is 0 Å². The summed E-state index contributed by atoms with van der Waals surface area (Å²) in [5.41, 5.74) is -1.25. The lowest BCUT2D eigenvalue weighted by Gasteiger charge is -2.42. The van der Waals surface area contributed by atoms with E-state index in [1.165, 1.54) is 30.6 Å². The molecule has 3 heterocycles. The summed E-state index contributed by atoms with van der Waals surface area (Å²) in [6.45, 7) is 0.364. The van der Waals surface area contributed by atoms with Crippen LogP contribution < -0.4 is 0 Å². The van der Waals surface area contributed by atoms with Crippen LogP contribution in [-0.2, 0) is 9.53 Å². The fraction of sp³-hybridized carbons (Fsp3) is 0.625. The Morgan fingerprint density at radius 2 is 2.16 bits per heavy atom. The maximum absolute atomic E-state index is 14.4. The van der Waals surface area contributed by atoms with Crippen LogP contribution in [0.5, 0.6) is 0 Å². The molecule has 2 aliphatic heterocycles. The van der Waals surface area contributed by atoms with Gasteiger partial charge in [-0.25, -0.2) is 13.8 Å². The molecule has 3 rings (SSSR count). The van der Waals surface area contributed by atoms with Crippen molar-refractivity contribution in [2.75, 3.05) is 39.9 Å². The average Bonchev–Trinajstić information content (AvgIpc) is 2.87. The van der Waals surface area contributed by atoms with Gasteiger partial charge in [0.05, 0.1) is 24.8 Å². The second-order valence-electron chi connectivity index (χ2n) is 6.60. The number of carbonyl (C=O) groups excluding carboxylic acids is 2. The number of likely N-dealkylation sites (tertiary alicyclic amines) is 2. The first-order valence-corrected chi connectivity index (χ1v) is 8.08. The van der Waals surface area contributed by atoms with Crippen LogP contribution in [0, 0.1) is 5.41 Å². The van der Waals surface area contributed by atoms with Crippen LogP contribution in [0.4, 0.5) is 8.78 Å². The van der Waals surface area contributed by atoms with Crippen LogP contribution in [0.25, 0.3) is 0 Å². The highest BCUT2D eigenvalue weighted by molar-refractivity contribution is 5.93. The van der Waals surface area contributed by atoms with Gasteiger partial charge >= 0.3 is 0 Å². The van der Waals surface area contributed by atoms with Crippen molar-refractivity contribution >= 4 is 11.8 Å². The molecular weight excluding hydrogens is 334 g/mol. The van der Waals surface area contributed by atoms with Gasteiger partial charge in [0.15, 0.2) is 0 Å². The second kappa shape index (κ2) is 6.62. The largest absolute Gasteiger partial charge is 0.383 e. The zero-order chi connectivity index (χ0) is 18.1. The lowest BCUT2D eigenvalue weighted by molar-refractivity contribution is -0.151. The average molecular weight is 354 g/mol. The molecule has 0 saturated carbocycles. The number of rotatable bonds is 4. The number of halogens is 2. The Bertz CT molecular complexity index is 658. The first kappa shape index (κ1) is 17.7. The number of carbonyl (C=O) groups is 2. The molecule has 0 radical (unpaired) electrons. The van der Waals surface area contributed by atoms with Crippen molar-refractivity contribution < 1.29 is 23.1 Å². The van der Waals surface area contributed by atoms with E-state index in [9.17, 15) is 18.4 Å². The molecule has 0 N–H and O–H groups in total. The normalized spacial score (nSPS) is 25.6. The van der Waals surface area contributed by atoms with E-state index in [0.29, 0.717) is 26.1 Å². The number of nitrogens with zero attached hydrogens (tertiary/aromatic N) is 4. The van der Waals surface area contributed by atoms with Crippen LogP contribution in [0.2, 0.25) is 0 Å². The number of hydrogen-bond donors (Lipinski definition) is 0. The Hall–Kier alpha value is -2.16. The molecule has 136 valence electrons. The molecule has 1 atom stereocenters. The van der Waals surface area contributed by atoms with E-state index in [0.717, 1.165) is 4.90 Å². The molecule has 7 nitrogen and oxygen atoms in total. The van der Waals surface area contributed by atoms with Gasteiger partial charge in [0.2, 0.25) is 5.91 Å². The number of aromatic nitrogens is 2. The van der Waals surface area contributed by atoms with Gasteiger partial charge in [-0.3, -0.25) is 14.6 Å². The topological polar surface area (TPSA) is 75.6 Å². The highest BCUT2D eigenvalue weighted by atomic mass is 19.3. The van der Waals surface area contributed by atoms with Crippen molar-refractivity contribution in [3.63, 3.8) is 0 Å². The Balaban J connectivity index is 1.82. The molecule has 0 aliphatic carbocycles. The van der Waals surface area contributed by atoms with Gasteiger partial charge in [-0.15, -0.1) is 0 Å². The van der Waals surface area contributed by atoms with Crippen molar-refractivity contribution in [2.24, 2.45) is 5.41 Å². The minimum absolute atomic E-state index is 0.00275. The summed E-state index contributed by atoms with van der Waals surface area (Å²) in [5, 5.41) is 0. The van der Waals surface area contributed by atoms with Crippen molar-refractivity contribution in [2.45, 2.75) is 18.8 Å². The van der Waals surface area contributed by atoms with E-state index < -0.39 is 30.2 Å². The number of methoxy groups -OCH3 is 1. The fourth-order valence-electron chi connectivity index (χ4n) is 3.64. The summed E-state index contributed by atoms with van der Waals surface area (Å²) in [4.78, 5) is 35.5. The van der Waals surface area contributed by atoms with E-state index in [4.69, 9.17) is 4.74 Å². The number of hydrogen-bond acceptors (Lipinski definition) is 5. The zero-order valence-electron chi connectivity index (χ0n) is 14.0. The SMILES string of the molecule is COCCN1CC[C@]2(CN(C(=O)c3cnccn3)CC(F)(F)C2)C1=O. The molecule has 0 aromatic carbocycles. The number of amides is 2. The first-order chi connectivity index (χ1) is 11.9. The summed E-state index contributed by atoms with van der Waals surface area (Å²) in [6, 6.07) is 0.